The number of carboxylic acids is 1. The molecule has 4 heteroatoms. The van der Waals surface area contributed by atoms with Crippen molar-refractivity contribution in [2.24, 2.45) is 0 Å². The van der Waals surface area contributed by atoms with Crippen LogP contribution in [0.5, 0.6) is 0 Å². The molecule has 3 nitrogen and oxygen atoms in total. The minimum Gasteiger partial charge on any atom is -0.479 e. The second-order valence-corrected chi connectivity index (χ2v) is 4.58. The summed E-state index contributed by atoms with van der Waals surface area (Å²) in [5.41, 5.74) is -1.54. The van der Waals surface area contributed by atoms with Gasteiger partial charge >= 0.3 is 5.97 Å². The van der Waals surface area contributed by atoms with E-state index in [0.717, 1.165) is 6.92 Å². The molecule has 2 rings (SSSR count). The Bertz CT molecular complexity index is 631. The van der Waals surface area contributed by atoms with Gasteiger partial charge in [-0.05, 0) is 6.92 Å². The zero-order valence-corrected chi connectivity index (χ0v) is 10.8. The first-order chi connectivity index (χ1) is 9.43. The summed E-state index contributed by atoms with van der Waals surface area (Å²) >= 11 is 0. The van der Waals surface area contributed by atoms with E-state index < -0.39 is 11.6 Å². The van der Waals surface area contributed by atoms with Crippen LogP contribution in [-0.4, -0.2) is 16.9 Å². The molecule has 102 valence electrons. The Morgan fingerprint density at radius 1 is 0.950 bits per heavy atom. The summed E-state index contributed by atoms with van der Waals surface area (Å²) in [6, 6.07) is 14.2. The quantitative estimate of drug-likeness (QED) is 0.870. The Hall–Kier alpha value is -2.49. The van der Waals surface area contributed by atoms with E-state index in [1.54, 1.807) is 30.3 Å². The van der Waals surface area contributed by atoms with Gasteiger partial charge in [0.2, 0.25) is 5.67 Å². The van der Waals surface area contributed by atoms with Crippen LogP contribution in [0.2, 0.25) is 0 Å². The monoisotopic (exact) mass is 272 g/mol. The van der Waals surface area contributed by atoms with E-state index >= 15 is 0 Å². The Kier molecular flexibility index (Phi) is 3.66. The largest absolute Gasteiger partial charge is 0.479 e. The van der Waals surface area contributed by atoms with Crippen molar-refractivity contribution in [2.45, 2.75) is 12.6 Å². The molecule has 0 aliphatic heterocycles. The number of benzene rings is 2. The Labute approximate surface area is 115 Å². The molecule has 1 N–H and O–H groups in total. The van der Waals surface area contributed by atoms with Crippen LogP contribution in [-0.2, 0) is 10.5 Å². The average molecular weight is 272 g/mol. The SMILES string of the molecule is C[C@](F)(C(=O)O)c1ccc(C(=O)c2ccccc2)cc1. The van der Waals surface area contributed by atoms with Crippen molar-refractivity contribution in [3.8, 4) is 0 Å². The molecule has 0 heterocycles. The van der Waals surface area contributed by atoms with Gasteiger partial charge in [-0.3, -0.25) is 4.79 Å². The van der Waals surface area contributed by atoms with Crippen molar-refractivity contribution in [1.82, 2.24) is 0 Å². The van der Waals surface area contributed by atoms with Crippen molar-refractivity contribution in [1.29, 1.82) is 0 Å². The van der Waals surface area contributed by atoms with Crippen LogP contribution in [0, 0.1) is 0 Å². The van der Waals surface area contributed by atoms with E-state index in [0.29, 0.717) is 11.1 Å². The second-order valence-electron chi connectivity index (χ2n) is 4.58. The number of halogens is 1. The molecule has 20 heavy (non-hydrogen) atoms. The molecule has 0 bridgehead atoms. The highest BCUT2D eigenvalue weighted by atomic mass is 19.1. The molecule has 0 amide bonds. The predicted molar refractivity (Wildman–Crippen MR) is 72.4 cm³/mol. The summed E-state index contributed by atoms with van der Waals surface area (Å²) < 4.78 is 13.9. The highest BCUT2D eigenvalue weighted by Gasteiger charge is 2.34. The molecule has 0 unspecified atom stereocenters. The van der Waals surface area contributed by atoms with Gasteiger partial charge in [0.05, 0.1) is 0 Å². The third-order valence-corrected chi connectivity index (χ3v) is 3.13. The topological polar surface area (TPSA) is 54.4 Å². The highest BCUT2D eigenvalue weighted by molar-refractivity contribution is 6.09. The lowest BCUT2D eigenvalue weighted by molar-refractivity contribution is -0.150. The Morgan fingerprint density at radius 3 is 1.95 bits per heavy atom. The van der Waals surface area contributed by atoms with Crippen LogP contribution in [0.15, 0.2) is 54.6 Å². The number of alkyl halides is 1. The molecule has 0 spiro atoms. The average Bonchev–Trinajstić information content (AvgIpc) is 2.47. The lowest BCUT2D eigenvalue weighted by atomic mass is 9.95. The number of rotatable bonds is 4. The van der Waals surface area contributed by atoms with Gasteiger partial charge in [-0.2, -0.15) is 0 Å². The highest BCUT2D eigenvalue weighted by Crippen LogP contribution is 2.26. The number of hydrogen-bond acceptors (Lipinski definition) is 2. The lowest BCUT2D eigenvalue weighted by Gasteiger charge is -2.15. The fourth-order valence-corrected chi connectivity index (χ4v) is 1.81. The maximum Gasteiger partial charge on any atom is 0.345 e. The van der Waals surface area contributed by atoms with Gasteiger partial charge in [0.1, 0.15) is 0 Å². The molecule has 0 saturated heterocycles. The van der Waals surface area contributed by atoms with Crippen LogP contribution in [0.4, 0.5) is 4.39 Å². The Morgan fingerprint density at radius 2 is 1.45 bits per heavy atom. The van der Waals surface area contributed by atoms with Gasteiger partial charge in [-0.15, -0.1) is 0 Å². The Balaban J connectivity index is 2.30. The number of carboxylic acid groups (broad SMARTS) is 1. The van der Waals surface area contributed by atoms with Crippen molar-refractivity contribution < 1.29 is 19.1 Å². The van der Waals surface area contributed by atoms with Crippen LogP contribution in [0.1, 0.15) is 28.4 Å². The third-order valence-electron chi connectivity index (χ3n) is 3.13. The standard InChI is InChI=1S/C16H13FO3/c1-16(17,15(19)20)13-9-7-12(8-10-13)14(18)11-5-3-2-4-6-11/h2-10H,1H3,(H,19,20)/t16-/m1/s1. The number of carbonyl (C=O) groups is 2. The van der Waals surface area contributed by atoms with Crippen molar-refractivity contribution in [3.05, 3.63) is 71.3 Å². The van der Waals surface area contributed by atoms with Gasteiger partial charge in [0.15, 0.2) is 5.78 Å². The molecule has 1 atom stereocenters. The summed E-state index contributed by atoms with van der Waals surface area (Å²) in [7, 11) is 0. The number of carbonyl (C=O) groups excluding carboxylic acids is 1. The molecule has 0 radical (unpaired) electrons. The van der Waals surface area contributed by atoms with Gasteiger partial charge in [-0.1, -0.05) is 54.6 Å². The molecule has 0 fully saturated rings. The fourth-order valence-electron chi connectivity index (χ4n) is 1.81. The summed E-state index contributed by atoms with van der Waals surface area (Å²) in [5, 5.41) is 8.81. The molecule has 2 aromatic rings. The van der Waals surface area contributed by atoms with E-state index in [9.17, 15) is 14.0 Å². The van der Waals surface area contributed by atoms with E-state index in [1.165, 1.54) is 24.3 Å². The summed E-state index contributed by atoms with van der Waals surface area (Å²) in [5.74, 6) is -1.74. The second kappa shape index (κ2) is 5.25. The van der Waals surface area contributed by atoms with E-state index in [-0.39, 0.29) is 11.3 Å². The molecule has 0 aliphatic rings. The summed E-state index contributed by atoms with van der Waals surface area (Å²) in [4.78, 5) is 23.0. The van der Waals surface area contributed by atoms with Crippen molar-refractivity contribution in [3.63, 3.8) is 0 Å². The number of hydrogen-bond donors (Lipinski definition) is 1. The smallest absolute Gasteiger partial charge is 0.345 e. The van der Waals surface area contributed by atoms with Crippen molar-refractivity contribution in [2.75, 3.05) is 0 Å². The minimum absolute atomic E-state index is 0.00890. The van der Waals surface area contributed by atoms with E-state index in [4.69, 9.17) is 5.11 Å². The van der Waals surface area contributed by atoms with Crippen LogP contribution in [0.25, 0.3) is 0 Å². The maximum atomic E-state index is 13.9. The minimum atomic E-state index is -2.46. The molecule has 2 aromatic carbocycles. The molecular formula is C16H13FO3. The van der Waals surface area contributed by atoms with Crippen LogP contribution >= 0.6 is 0 Å². The number of aliphatic carboxylic acids is 1. The van der Waals surface area contributed by atoms with Gasteiger partial charge in [0.25, 0.3) is 0 Å². The van der Waals surface area contributed by atoms with E-state index in [2.05, 4.69) is 0 Å². The van der Waals surface area contributed by atoms with Crippen LogP contribution in [0.3, 0.4) is 0 Å². The number of ketones is 1. The first-order valence-electron chi connectivity index (χ1n) is 6.05. The fraction of sp³-hybridized carbons (Fsp3) is 0.125. The first-order valence-corrected chi connectivity index (χ1v) is 6.05. The van der Waals surface area contributed by atoms with Crippen LogP contribution < -0.4 is 0 Å². The predicted octanol–water partition coefficient (Wildman–Crippen LogP) is 3.19. The van der Waals surface area contributed by atoms with Gasteiger partial charge < -0.3 is 5.11 Å². The molecule has 0 saturated carbocycles. The normalized spacial score (nSPS) is 13.5. The molecular weight excluding hydrogens is 259 g/mol. The zero-order chi connectivity index (χ0) is 14.8. The van der Waals surface area contributed by atoms with Gasteiger partial charge in [0, 0.05) is 16.7 Å². The molecule has 0 aliphatic carbocycles. The van der Waals surface area contributed by atoms with E-state index in [1.807, 2.05) is 0 Å². The maximum absolute atomic E-state index is 13.9. The third kappa shape index (κ3) is 2.59. The molecule has 0 aromatic heterocycles. The first kappa shape index (κ1) is 13.9. The summed E-state index contributed by atoms with van der Waals surface area (Å²) in [6.07, 6.45) is 0. The lowest BCUT2D eigenvalue weighted by Crippen LogP contribution is -2.26. The van der Waals surface area contributed by atoms with Crippen molar-refractivity contribution >= 4 is 11.8 Å². The van der Waals surface area contributed by atoms with Gasteiger partial charge in [-0.25, -0.2) is 9.18 Å². The zero-order valence-electron chi connectivity index (χ0n) is 10.8. The summed E-state index contributed by atoms with van der Waals surface area (Å²) in [6.45, 7) is 0.976.